The van der Waals surface area contributed by atoms with Crippen LogP contribution in [0.5, 0.6) is 0 Å². The molecular weight excluding hydrogens is 268 g/mol. The summed E-state index contributed by atoms with van der Waals surface area (Å²) < 4.78 is 27.3. The second kappa shape index (κ2) is 6.04. The van der Waals surface area contributed by atoms with Gasteiger partial charge in [0.2, 0.25) is 5.09 Å². The molecule has 108 valence electrons. The van der Waals surface area contributed by atoms with Crippen LogP contribution in [0.2, 0.25) is 0 Å². The maximum Gasteiger partial charge on any atom is 0.271 e. The van der Waals surface area contributed by atoms with Gasteiger partial charge in [0.25, 0.3) is 10.0 Å². The summed E-state index contributed by atoms with van der Waals surface area (Å²) in [6.07, 6.45) is 4.34. The van der Waals surface area contributed by atoms with E-state index in [0.29, 0.717) is 12.3 Å². The van der Waals surface area contributed by atoms with Crippen LogP contribution < -0.4 is 10.5 Å². The Morgan fingerprint density at radius 1 is 1.37 bits per heavy atom. The number of rotatable bonds is 5. The van der Waals surface area contributed by atoms with Crippen LogP contribution in [-0.2, 0) is 16.6 Å². The summed E-state index contributed by atoms with van der Waals surface area (Å²) in [6, 6.07) is 3.21. The van der Waals surface area contributed by atoms with Crippen molar-refractivity contribution >= 4 is 10.0 Å². The fraction of sp³-hybridized carbons (Fsp3) is 0.667. The van der Waals surface area contributed by atoms with Gasteiger partial charge in [0, 0.05) is 12.6 Å². The molecule has 4 N–H and O–H groups in total. The first-order chi connectivity index (χ1) is 9.00. The minimum atomic E-state index is -3.78. The summed E-state index contributed by atoms with van der Waals surface area (Å²) in [5.74, 6) is 0.799. The van der Waals surface area contributed by atoms with Gasteiger partial charge in [0.1, 0.15) is 5.76 Å². The molecule has 0 saturated heterocycles. The number of primary sulfonamides is 1. The summed E-state index contributed by atoms with van der Waals surface area (Å²) in [6.45, 7) is 0.620. The highest BCUT2D eigenvalue weighted by molar-refractivity contribution is 7.89. The first-order valence-electron chi connectivity index (χ1n) is 6.46. The molecule has 1 fully saturated rings. The number of aliphatic hydroxyl groups excluding tert-OH is 1. The molecule has 1 saturated carbocycles. The predicted octanol–water partition coefficient (Wildman–Crippen LogP) is 0.568. The second-order valence-corrected chi connectivity index (χ2v) is 6.47. The van der Waals surface area contributed by atoms with Crippen molar-refractivity contribution in [3.63, 3.8) is 0 Å². The Bertz CT molecular complexity index is 512. The summed E-state index contributed by atoms with van der Waals surface area (Å²) in [5, 5.41) is 17.4. The highest BCUT2D eigenvalue weighted by atomic mass is 32.2. The molecule has 2 rings (SSSR count). The van der Waals surface area contributed by atoms with Crippen molar-refractivity contribution < 1.29 is 17.9 Å². The van der Waals surface area contributed by atoms with Gasteiger partial charge in [0.15, 0.2) is 0 Å². The van der Waals surface area contributed by atoms with Gasteiger partial charge in [0.05, 0.1) is 6.54 Å². The zero-order valence-corrected chi connectivity index (χ0v) is 11.5. The fourth-order valence-corrected chi connectivity index (χ4v) is 3.01. The Balaban J connectivity index is 1.93. The van der Waals surface area contributed by atoms with E-state index in [1.54, 1.807) is 6.07 Å². The number of hydrogen-bond donors (Lipinski definition) is 3. The van der Waals surface area contributed by atoms with Gasteiger partial charge in [-0.2, -0.15) is 0 Å². The van der Waals surface area contributed by atoms with Crippen LogP contribution in [0.1, 0.15) is 31.4 Å². The average Bonchev–Trinajstić information content (AvgIpc) is 2.85. The number of hydrogen-bond acceptors (Lipinski definition) is 5. The number of aliphatic hydroxyl groups is 1. The Morgan fingerprint density at radius 3 is 2.74 bits per heavy atom. The maximum atomic E-state index is 11.1. The molecule has 0 radical (unpaired) electrons. The molecule has 0 bridgehead atoms. The quantitative estimate of drug-likeness (QED) is 0.734. The van der Waals surface area contributed by atoms with Crippen molar-refractivity contribution in [2.24, 2.45) is 11.1 Å². The molecule has 1 aliphatic rings. The first-order valence-corrected chi connectivity index (χ1v) is 8.01. The Kier molecular flexibility index (Phi) is 4.62. The third-order valence-electron chi connectivity index (χ3n) is 3.60. The van der Waals surface area contributed by atoms with Crippen LogP contribution in [0.25, 0.3) is 0 Å². The van der Waals surface area contributed by atoms with Crippen LogP contribution in [-0.4, -0.2) is 26.2 Å². The molecule has 2 unspecified atom stereocenters. The van der Waals surface area contributed by atoms with Crippen molar-refractivity contribution in [1.82, 2.24) is 5.32 Å². The standard InChI is InChI=1S/C12H20N2O4S/c13-19(16,17)12-6-5-10(18-12)7-14-11-4-2-1-3-9(11)8-15/h5-6,9,11,14-15H,1-4,7-8H2,(H2,13,16,17). The van der Waals surface area contributed by atoms with E-state index in [4.69, 9.17) is 9.56 Å². The zero-order valence-electron chi connectivity index (χ0n) is 10.7. The van der Waals surface area contributed by atoms with E-state index in [9.17, 15) is 13.5 Å². The van der Waals surface area contributed by atoms with E-state index in [0.717, 1.165) is 25.7 Å². The Labute approximate surface area is 113 Å². The summed E-state index contributed by atoms with van der Waals surface area (Å²) >= 11 is 0. The van der Waals surface area contributed by atoms with E-state index >= 15 is 0 Å². The van der Waals surface area contributed by atoms with Gasteiger partial charge in [-0.3, -0.25) is 0 Å². The number of sulfonamides is 1. The van der Waals surface area contributed by atoms with E-state index in [2.05, 4.69) is 5.32 Å². The highest BCUT2D eigenvalue weighted by Gasteiger charge is 2.24. The molecule has 7 heteroatoms. The average molecular weight is 288 g/mol. The lowest BCUT2D eigenvalue weighted by molar-refractivity contribution is 0.150. The van der Waals surface area contributed by atoms with Gasteiger partial charge >= 0.3 is 0 Å². The minimum absolute atomic E-state index is 0.179. The van der Waals surface area contributed by atoms with Crippen LogP contribution in [0, 0.1) is 5.92 Å². The third kappa shape index (κ3) is 3.79. The number of nitrogens with one attached hydrogen (secondary N) is 1. The molecule has 1 aromatic heterocycles. The molecule has 0 spiro atoms. The van der Waals surface area contributed by atoms with Crippen molar-refractivity contribution in [3.8, 4) is 0 Å². The molecule has 0 aliphatic heterocycles. The molecule has 2 atom stereocenters. The first kappa shape index (κ1) is 14.5. The molecule has 0 amide bonds. The summed E-state index contributed by atoms with van der Waals surface area (Å²) in [7, 11) is -3.78. The molecule has 1 heterocycles. The minimum Gasteiger partial charge on any atom is -0.447 e. The molecular formula is C12H20N2O4S. The van der Waals surface area contributed by atoms with Crippen LogP contribution >= 0.6 is 0 Å². The largest absolute Gasteiger partial charge is 0.447 e. The highest BCUT2D eigenvalue weighted by Crippen LogP contribution is 2.24. The monoisotopic (exact) mass is 288 g/mol. The zero-order chi connectivity index (χ0) is 13.9. The number of furan rings is 1. The van der Waals surface area contributed by atoms with E-state index < -0.39 is 10.0 Å². The second-order valence-electron chi connectivity index (χ2n) is 4.98. The van der Waals surface area contributed by atoms with Crippen LogP contribution in [0.15, 0.2) is 21.6 Å². The van der Waals surface area contributed by atoms with Crippen molar-refractivity contribution in [2.45, 2.75) is 43.4 Å². The van der Waals surface area contributed by atoms with Crippen LogP contribution in [0.3, 0.4) is 0 Å². The predicted molar refractivity (Wildman–Crippen MR) is 69.8 cm³/mol. The SMILES string of the molecule is NS(=O)(=O)c1ccc(CNC2CCCCC2CO)o1. The fourth-order valence-electron chi connectivity index (χ4n) is 2.53. The van der Waals surface area contributed by atoms with E-state index in [1.165, 1.54) is 6.07 Å². The molecule has 1 aliphatic carbocycles. The van der Waals surface area contributed by atoms with Crippen molar-refractivity contribution in [1.29, 1.82) is 0 Å². The van der Waals surface area contributed by atoms with E-state index in [1.807, 2.05) is 0 Å². The van der Waals surface area contributed by atoms with Crippen LogP contribution in [0.4, 0.5) is 0 Å². The van der Waals surface area contributed by atoms with E-state index in [-0.39, 0.29) is 23.7 Å². The molecule has 19 heavy (non-hydrogen) atoms. The smallest absolute Gasteiger partial charge is 0.271 e. The molecule has 6 nitrogen and oxygen atoms in total. The Morgan fingerprint density at radius 2 is 2.11 bits per heavy atom. The lowest BCUT2D eigenvalue weighted by atomic mass is 9.85. The van der Waals surface area contributed by atoms with Gasteiger partial charge in [-0.1, -0.05) is 12.8 Å². The third-order valence-corrected chi connectivity index (χ3v) is 4.38. The Hall–Kier alpha value is -0.890. The normalized spacial score (nSPS) is 24.5. The lowest BCUT2D eigenvalue weighted by Gasteiger charge is -2.30. The summed E-state index contributed by atoms with van der Waals surface area (Å²) in [4.78, 5) is 0. The number of nitrogens with two attached hydrogens (primary N) is 1. The maximum absolute atomic E-state index is 11.1. The molecule has 1 aromatic rings. The summed E-state index contributed by atoms with van der Waals surface area (Å²) in [5.41, 5.74) is 0. The topological polar surface area (TPSA) is 106 Å². The van der Waals surface area contributed by atoms with Gasteiger partial charge in [-0.25, -0.2) is 13.6 Å². The van der Waals surface area contributed by atoms with Gasteiger partial charge < -0.3 is 14.8 Å². The van der Waals surface area contributed by atoms with Gasteiger partial charge in [-0.05, 0) is 30.9 Å². The molecule has 0 aromatic carbocycles. The van der Waals surface area contributed by atoms with Gasteiger partial charge in [-0.15, -0.1) is 0 Å². The van der Waals surface area contributed by atoms with Crippen molar-refractivity contribution in [3.05, 3.63) is 17.9 Å². The lowest BCUT2D eigenvalue weighted by Crippen LogP contribution is -2.39. The van der Waals surface area contributed by atoms with Crippen molar-refractivity contribution in [2.75, 3.05) is 6.61 Å².